The first-order valence-corrected chi connectivity index (χ1v) is 9.83. The molecule has 0 bridgehead atoms. The number of thioether (sulfide) groups is 1. The minimum atomic E-state index is -1.65. The fourth-order valence-electron chi connectivity index (χ4n) is 3.75. The van der Waals surface area contributed by atoms with E-state index in [1.165, 1.54) is 54.1 Å². The molecule has 0 spiro atoms. The molecule has 2 atom stereocenters. The molecule has 2 aliphatic heterocycles. The van der Waals surface area contributed by atoms with E-state index in [4.69, 9.17) is 4.74 Å². The number of methoxy groups -OCH3 is 1. The molecule has 0 radical (unpaired) electrons. The van der Waals surface area contributed by atoms with E-state index >= 15 is 0 Å². The molecule has 2 N–H and O–H groups in total. The average molecular weight is 412 g/mol. The van der Waals surface area contributed by atoms with Crippen LogP contribution >= 0.6 is 11.8 Å². The van der Waals surface area contributed by atoms with Gasteiger partial charge in [-0.3, -0.25) is 9.69 Å². The number of nitrogens with zero attached hydrogens (tertiary/aromatic N) is 2. The molecule has 2 aliphatic rings. The summed E-state index contributed by atoms with van der Waals surface area (Å²) >= 11 is 1.22. The number of ether oxygens (including phenoxy) is 1. The molecule has 8 heteroatoms. The highest BCUT2D eigenvalue weighted by atomic mass is 32.2. The number of carbonyl (C=O) groups is 1. The Balaban J connectivity index is 1.80. The van der Waals surface area contributed by atoms with Crippen LogP contribution in [0.3, 0.4) is 0 Å². The van der Waals surface area contributed by atoms with Gasteiger partial charge in [0.05, 0.1) is 29.5 Å². The van der Waals surface area contributed by atoms with Gasteiger partial charge in [0.25, 0.3) is 0 Å². The van der Waals surface area contributed by atoms with Crippen LogP contribution in [-0.4, -0.2) is 33.9 Å². The van der Waals surface area contributed by atoms with E-state index in [-0.39, 0.29) is 29.6 Å². The Morgan fingerprint density at radius 3 is 2.69 bits per heavy atom. The minimum absolute atomic E-state index is 0.0234. The predicted molar refractivity (Wildman–Crippen MR) is 104 cm³/mol. The number of hydrogen-bond acceptors (Lipinski definition) is 6. The molecule has 1 fully saturated rings. The molecule has 0 saturated carbocycles. The van der Waals surface area contributed by atoms with Gasteiger partial charge in [-0.15, -0.1) is 11.8 Å². The molecule has 4 rings (SSSR count). The van der Waals surface area contributed by atoms with Gasteiger partial charge in [0.2, 0.25) is 5.91 Å². The van der Waals surface area contributed by atoms with Gasteiger partial charge in [-0.1, -0.05) is 18.2 Å². The number of halogens is 1. The van der Waals surface area contributed by atoms with Crippen LogP contribution in [0.4, 0.5) is 4.39 Å². The van der Waals surface area contributed by atoms with Gasteiger partial charge in [0.1, 0.15) is 5.82 Å². The number of phenolic OH excluding ortho intramolecular Hbond substituents is 1. The zero-order chi connectivity index (χ0) is 20.8. The van der Waals surface area contributed by atoms with Gasteiger partial charge < -0.3 is 14.9 Å². The zero-order valence-corrected chi connectivity index (χ0v) is 16.2. The standard InChI is InChI=1S/C21H17FN2O4S/c1-28-18-8-12(2-7-17(18)25)15-9-19(26)24-20(16(15)10-23)29-11-21(24,27)13-3-5-14(22)6-4-13/h2-8,15,25,27H,9,11H2,1H3/t15-,21+/m0/s1. The van der Waals surface area contributed by atoms with E-state index < -0.39 is 17.5 Å². The van der Waals surface area contributed by atoms with Crippen molar-refractivity contribution < 1.29 is 24.1 Å². The van der Waals surface area contributed by atoms with Crippen molar-refractivity contribution in [2.45, 2.75) is 18.1 Å². The van der Waals surface area contributed by atoms with Crippen LogP contribution in [0.25, 0.3) is 0 Å². The largest absolute Gasteiger partial charge is 0.504 e. The second-order valence-electron chi connectivity index (χ2n) is 6.86. The number of aliphatic hydroxyl groups is 1. The van der Waals surface area contributed by atoms with Gasteiger partial charge in [-0.25, -0.2) is 4.39 Å². The Bertz CT molecular complexity index is 1060. The summed E-state index contributed by atoms with van der Waals surface area (Å²) in [6, 6.07) is 12.2. The molecule has 0 aromatic heterocycles. The molecule has 2 aromatic carbocycles. The highest BCUT2D eigenvalue weighted by molar-refractivity contribution is 8.03. The smallest absolute Gasteiger partial charge is 0.231 e. The van der Waals surface area contributed by atoms with Crippen molar-refractivity contribution in [1.29, 1.82) is 5.26 Å². The number of hydrogen-bond donors (Lipinski definition) is 2. The number of rotatable bonds is 3. The molecule has 1 amide bonds. The number of amides is 1. The number of benzene rings is 2. The SMILES string of the molecule is COc1cc([C@@H]2CC(=O)N3C(=C2C#N)SC[C@@]3(O)c2ccc(F)cc2)ccc1O. The third-order valence-corrected chi connectivity index (χ3v) is 6.45. The van der Waals surface area contributed by atoms with Crippen molar-refractivity contribution in [3.05, 3.63) is 70.0 Å². The number of nitriles is 1. The number of allylic oxidation sites excluding steroid dienone is 1. The van der Waals surface area contributed by atoms with Crippen molar-refractivity contribution in [2.24, 2.45) is 0 Å². The number of aromatic hydroxyl groups is 1. The zero-order valence-electron chi connectivity index (χ0n) is 15.4. The topological polar surface area (TPSA) is 93.8 Å². The number of carbonyl (C=O) groups excluding carboxylic acids is 1. The Morgan fingerprint density at radius 2 is 2.03 bits per heavy atom. The molecule has 6 nitrogen and oxygen atoms in total. The number of phenols is 1. The highest BCUT2D eigenvalue weighted by Crippen LogP contribution is 2.52. The molecular weight excluding hydrogens is 395 g/mol. The Kier molecular flexibility index (Phi) is 4.73. The van der Waals surface area contributed by atoms with Gasteiger partial charge in [-0.2, -0.15) is 5.26 Å². The first kappa shape index (κ1) is 19.3. The summed E-state index contributed by atoms with van der Waals surface area (Å²) in [4.78, 5) is 14.3. The van der Waals surface area contributed by atoms with E-state index in [0.717, 1.165) is 0 Å². The lowest BCUT2D eigenvalue weighted by molar-refractivity contribution is -0.149. The summed E-state index contributed by atoms with van der Waals surface area (Å²) in [6.07, 6.45) is -0.0234. The van der Waals surface area contributed by atoms with Crippen molar-refractivity contribution >= 4 is 17.7 Å². The molecule has 0 unspecified atom stereocenters. The van der Waals surface area contributed by atoms with Crippen LogP contribution < -0.4 is 4.74 Å². The van der Waals surface area contributed by atoms with Crippen LogP contribution in [0.5, 0.6) is 11.5 Å². The second-order valence-corrected chi connectivity index (χ2v) is 7.82. The average Bonchev–Trinajstić information content (AvgIpc) is 3.08. The summed E-state index contributed by atoms with van der Waals surface area (Å²) < 4.78 is 18.4. The van der Waals surface area contributed by atoms with Crippen molar-refractivity contribution in [2.75, 3.05) is 12.9 Å². The number of fused-ring (bicyclic) bond motifs is 1. The summed E-state index contributed by atoms with van der Waals surface area (Å²) in [7, 11) is 1.42. The van der Waals surface area contributed by atoms with Crippen molar-refractivity contribution in [3.63, 3.8) is 0 Å². The van der Waals surface area contributed by atoms with Gasteiger partial charge in [-0.05, 0) is 29.8 Å². The van der Waals surface area contributed by atoms with E-state index in [1.807, 2.05) is 0 Å². The first-order chi connectivity index (χ1) is 13.9. The van der Waals surface area contributed by atoms with Crippen LogP contribution in [0.15, 0.2) is 53.1 Å². The van der Waals surface area contributed by atoms with E-state index in [1.54, 1.807) is 12.1 Å². The quantitative estimate of drug-likeness (QED) is 0.804. The molecule has 0 aliphatic carbocycles. The van der Waals surface area contributed by atoms with E-state index in [0.29, 0.717) is 21.7 Å². The lowest BCUT2D eigenvalue weighted by Crippen LogP contribution is -2.48. The lowest BCUT2D eigenvalue weighted by Gasteiger charge is -2.38. The summed E-state index contributed by atoms with van der Waals surface area (Å²) in [5.41, 5.74) is -0.239. The van der Waals surface area contributed by atoms with Crippen LogP contribution in [0.1, 0.15) is 23.5 Å². The molecule has 1 saturated heterocycles. The fourth-order valence-corrected chi connectivity index (χ4v) is 5.11. The van der Waals surface area contributed by atoms with E-state index in [2.05, 4.69) is 6.07 Å². The summed E-state index contributed by atoms with van der Waals surface area (Å²) in [6.45, 7) is 0. The third-order valence-electron chi connectivity index (χ3n) is 5.22. The van der Waals surface area contributed by atoms with Crippen molar-refractivity contribution in [1.82, 2.24) is 4.90 Å². The fraction of sp³-hybridized carbons (Fsp3) is 0.238. The lowest BCUT2D eigenvalue weighted by atomic mass is 9.85. The summed E-state index contributed by atoms with van der Waals surface area (Å²) in [5.74, 6) is -0.947. The maximum atomic E-state index is 13.3. The maximum absolute atomic E-state index is 13.3. The molecular formula is C21H17FN2O4S. The Labute approximate surface area is 170 Å². The van der Waals surface area contributed by atoms with Gasteiger partial charge in [0.15, 0.2) is 17.2 Å². The summed E-state index contributed by atoms with van der Waals surface area (Å²) in [5, 5.41) is 31.3. The third kappa shape index (κ3) is 3.03. The highest BCUT2D eigenvalue weighted by Gasteiger charge is 2.51. The Hall–Kier alpha value is -3.02. The Morgan fingerprint density at radius 1 is 1.31 bits per heavy atom. The van der Waals surface area contributed by atoms with Gasteiger partial charge >= 0.3 is 0 Å². The van der Waals surface area contributed by atoms with Crippen LogP contribution in [0, 0.1) is 17.1 Å². The molecule has 29 heavy (non-hydrogen) atoms. The molecule has 148 valence electrons. The van der Waals surface area contributed by atoms with Crippen LogP contribution in [0.2, 0.25) is 0 Å². The molecule has 2 heterocycles. The second kappa shape index (κ2) is 7.10. The predicted octanol–water partition coefficient (Wildman–Crippen LogP) is 3.18. The van der Waals surface area contributed by atoms with Gasteiger partial charge in [0, 0.05) is 17.9 Å². The maximum Gasteiger partial charge on any atom is 0.231 e. The molecule has 2 aromatic rings. The normalized spacial score (nSPS) is 23.7. The monoisotopic (exact) mass is 412 g/mol. The first-order valence-electron chi connectivity index (χ1n) is 8.84. The van der Waals surface area contributed by atoms with Crippen LogP contribution in [-0.2, 0) is 10.5 Å². The van der Waals surface area contributed by atoms with Crippen molar-refractivity contribution in [3.8, 4) is 17.6 Å². The minimum Gasteiger partial charge on any atom is -0.504 e. The van der Waals surface area contributed by atoms with E-state index in [9.17, 15) is 24.7 Å².